The first-order valence-electron chi connectivity index (χ1n) is 13.3. The van der Waals surface area contributed by atoms with Crippen LogP contribution in [0.5, 0.6) is 0 Å². The largest absolute Gasteiger partial charge is 0.437 e. The average Bonchev–Trinajstić information content (AvgIpc) is 3.40. The highest BCUT2D eigenvalue weighted by atomic mass is 16.3. The van der Waals surface area contributed by atoms with E-state index < -0.39 is 0 Å². The molecule has 0 saturated heterocycles. The number of carbonyl (C=O) groups excluding carboxylic acids is 1. The van der Waals surface area contributed by atoms with E-state index in [-0.39, 0.29) is 5.91 Å². The van der Waals surface area contributed by atoms with Gasteiger partial charge in [0.05, 0.1) is 11.8 Å². The van der Waals surface area contributed by atoms with Crippen molar-refractivity contribution in [2.75, 3.05) is 17.2 Å². The Bertz CT molecular complexity index is 1720. The van der Waals surface area contributed by atoms with E-state index in [9.17, 15) is 4.79 Å². The minimum Gasteiger partial charge on any atom is -0.437 e. The molecule has 2 aromatic heterocycles. The van der Waals surface area contributed by atoms with Crippen LogP contribution in [0.15, 0.2) is 126 Å². The normalized spacial score (nSPS) is 10.9. The second-order valence-corrected chi connectivity index (χ2v) is 9.52. The summed E-state index contributed by atoms with van der Waals surface area (Å²) in [5, 5.41) is 7.34. The molecule has 6 heteroatoms. The van der Waals surface area contributed by atoms with E-state index in [1.165, 1.54) is 6.33 Å². The van der Waals surface area contributed by atoms with Crippen molar-refractivity contribution >= 4 is 28.5 Å². The zero-order valence-electron chi connectivity index (χ0n) is 21.9. The summed E-state index contributed by atoms with van der Waals surface area (Å²) in [6, 6.07) is 38.0. The van der Waals surface area contributed by atoms with Crippen molar-refractivity contribution in [1.29, 1.82) is 0 Å². The minimum absolute atomic E-state index is 0.0300. The molecule has 2 heterocycles. The number of benzene rings is 4. The summed E-state index contributed by atoms with van der Waals surface area (Å²) in [5.74, 6) is 1.48. The van der Waals surface area contributed by atoms with Gasteiger partial charge < -0.3 is 15.1 Å². The maximum atomic E-state index is 12.4. The van der Waals surface area contributed by atoms with Crippen molar-refractivity contribution in [1.82, 2.24) is 9.97 Å². The lowest BCUT2D eigenvalue weighted by Gasteiger charge is -2.10. The lowest BCUT2D eigenvalue weighted by Crippen LogP contribution is -2.14. The van der Waals surface area contributed by atoms with Gasteiger partial charge in [0.1, 0.15) is 17.9 Å². The van der Waals surface area contributed by atoms with Crippen LogP contribution in [0.4, 0.5) is 11.5 Å². The summed E-state index contributed by atoms with van der Waals surface area (Å²) in [7, 11) is 0. The molecule has 0 bridgehead atoms. The first-order valence-corrected chi connectivity index (χ1v) is 13.3. The van der Waals surface area contributed by atoms with E-state index >= 15 is 0 Å². The Balaban J connectivity index is 1.18. The van der Waals surface area contributed by atoms with Crippen molar-refractivity contribution in [3.05, 3.63) is 133 Å². The quantitative estimate of drug-likeness (QED) is 0.206. The fraction of sp³-hybridized carbons (Fsp3) is 0.0882. The number of anilines is 2. The molecule has 0 spiro atoms. The van der Waals surface area contributed by atoms with Crippen LogP contribution < -0.4 is 10.6 Å². The highest BCUT2D eigenvalue weighted by Gasteiger charge is 2.21. The molecule has 0 radical (unpaired) electrons. The monoisotopic (exact) mass is 524 g/mol. The number of nitrogens with one attached hydrogen (secondary N) is 2. The topological polar surface area (TPSA) is 80.0 Å². The molecule has 1 amide bonds. The number of hydrogen-bond donors (Lipinski definition) is 2. The molecule has 0 fully saturated rings. The molecule has 0 atom stereocenters. The molecule has 40 heavy (non-hydrogen) atoms. The van der Waals surface area contributed by atoms with Crippen LogP contribution in [0.1, 0.15) is 11.1 Å². The van der Waals surface area contributed by atoms with Gasteiger partial charge >= 0.3 is 0 Å². The maximum Gasteiger partial charge on any atom is 0.232 e. The van der Waals surface area contributed by atoms with Gasteiger partial charge in [0.25, 0.3) is 0 Å². The molecule has 196 valence electrons. The fourth-order valence-electron chi connectivity index (χ4n) is 4.81. The number of fused-ring (bicyclic) bond motifs is 1. The van der Waals surface area contributed by atoms with Crippen LogP contribution in [0.2, 0.25) is 0 Å². The third-order valence-corrected chi connectivity index (χ3v) is 6.74. The second kappa shape index (κ2) is 11.7. The third kappa shape index (κ3) is 5.61. The number of nitrogens with zero attached hydrogens (tertiary/aromatic N) is 2. The summed E-state index contributed by atoms with van der Waals surface area (Å²) in [5.41, 5.74) is 6.48. The van der Waals surface area contributed by atoms with E-state index in [0.717, 1.165) is 56.9 Å². The molecule has 0 aliphatic rings. The molecular formula is C34H28N4O2. The molecule has 6 rings (SSSR count). The third-order valence-electron chi connectivity index (χ3n) is 6.74. The van der Waals surface area contributed by atoms with Crippen molar-refractivity contribution in [2.24, 2.45) is 0 Å². The summed E-state index contributed by atoms with van der Waals surface area (Å²) in [4.78, 5) is 21.4. The molecule has 0 aliphatic heterocycles. The molecule has 6 aromatic rings. The molecule has 0 aliphatic carbocycles. The van der Waals surface area contributed by atoms with Gasteiger partial charge in [-0.2, -0.15) is 0 Å². The van der Waals surface area contributed by atoms with Crippen molar-refractivity contribution in [3.63, 3.8) is 0 Å². The summed E-state index contributed by atoms with van der Waals surface area (Å²) >= 11 is 0. The predicted octanol–water partition coefficient (Wildman–Crippen LogP) is 7.39. The van der Waals surface area contributed by atoms with E-state index in [0.29, 0.717) is 18.7 Å². The summed E-state index contributed by atoms with van der Waals surface area (Å²) in [6.07, 6.45) is 2.67. The highest BCUT2D eigenvalue weighted by Crippen LogP contribution is 2.42. The Morgan fingerprint density at radius 2 is 1.35 bits per heavy atom. The maximum absolute atomic E-state index is 12.4. The standard InChI is InChI=1S/C34H28N4O2/c39-29(22-25-10-4-1-5-11-25)38-28-18-16-24(17-19-28)20-21-35-33-31-30(26-12-6-2-7-13-26)32(27-14-8-3-9-15-27)40-34(31)37-23-36-33/h1-19,23H,20-22H2,(H,38,39)(H,35,36,37). The van der Waals surface area contributed by atoms with Gasteiger partial charge in [0, 0.05) is 23.4 Å². The molecule has 0 unspecified atom stereocenters. The number of furan rings is 1. The SMILES string of the molecule is O=C(Cc1ccccc1)Nc1ccc(CCNc2ncnc3oc(-c4ccccc4)c(-c4ccccc4)c23)cc1. The molecule has 2 N–H and O–H groups in total. The Kier molecular flexibility index (Phi) is 7.31. The summed E-state index contributed by atoms with van der Waals surface area (Å²) in [6.45, 7) is 0.673. The lowest BCUT2D eigenvalue weighted by molar-refractivity contribution is -0.115. The number of hydrogen-bond acceptors (Lipinski definition) is 5. The number of rotatable bonds is 9. The van der Waals surface area contributed by atoms with Gasteiger partial charge in [-0.25, -0.2) is 9.97 Å². The van der Waals surface area contributed by atoms with E-state index in [2.05, 4.69) is 32.7 Å². The minimum atomic E-state index is -0.0300. The van der Waals surface area contributed by atoms with E-state index in [1.807, 2.05) is 103 Å². The van der Waals surface area contributed by atoms with Crippen LogP contribution in [0, 0.1) is 0 Å². The zero-order chi connectivity index (χ0) is 27.1. The summed E-state index contributed by atoms with van der Waals surface area (Å²) < 4.78 is 6.30. The van der Waals surface area contributed by atoms with Crippen LogP contribution in [-0.4, -0.2) is 22.4 Å². The van der Waals surface area contributed by atoms with E-state index in [4.69, 9.17) is 4.42 Å². The van der Waals surface area contributed by atoms with Crippen molar-refractivity contribution in [2.45, 2.75) is 12.8 Å². The van der Waals surface area contributed by atoms with Crippen LogP contribution in [-0.2, 0) is 17.6 Å². The first-order chi connectivity index (χ1) is 19.7. The van der Waals surface area contributed by atoms with Crippen molar-refractivity contribution in [3.8, 4) is 22.5 Å². The first kappa shape index (κ1) is 25.1. The van der Waals surface area contributed by atoms with Crippen LogP contribution in [0.25, 0.3) is 33.6 Å². The Morgan fingerprint density at radius 1 is 0.700 bits per heavy atom. The van der Waals surface area contributed by atoms with Gasteiger partial charge in [-0.1, -0.05) is 103 Å². The Morgan fingerprint density at radius 3 is 2.05 bits per heavy atom. The van der Waals surface area contributed by atoms with Gasteiger partial charge in [-0.05, 0) is 35.2 Å². The fourth-order valence-corrected chi connectivity index (χ4v) is 4.81. The molecule has 0 saturated carbocycles. The van der Waals surface area contributed by atoms with Crippen LogP contribution in [0.3, 0.4) is 0 Å². The molecule has 4 aromatic carbocycles. The molecular weight excluding hydrogens is 496 g/mol. The van der Waals surface area contributed by atoms with Crippen LogP contribution >= 0.6 is 0 Å². The Labute approximate surface area is 232 Å². The Hall–Kier alpha value is -5.23. The molecule has 6 nitrogen and oxygen atoms in total. The number of aromatic nitrogens is 2. The van der Waals surface area contributed by atoms with Gasteiger partial charge in [0.15, 0.2) is 0 Å². The van der Waals surface area contributed by atoms with Gasteiger partial charge in [-0.15, -0.1) is 0 Å². The van der Waals surface area contributed by atoms with Gasteiger partial charge in [-0.3, -0.25) is 4.79 Å². The van der Waals surface area contributed by atoms with Crippen molar-refractivity contribution < 1.29 is 9.21 Å². The number of amides is 1. The smallest absolute Gasteiger partial charge is 0.232 e. The second-order valence-electron chi connectivity index (χ2n) is 9.52. The number of carbonyl (C=O) groups is 1. The lowest BCUT2D eigenvalue weighted by atomic mass is 9.99. The predicted molar refractivity (Wildman–Crippen MR) is 160 cm³/mol. The van der Waals surface area contributed by atoms with Gasteiger partial charge in [0.2, 0.25) is 11.6 Å². The zero-order valence-corrected chi connectivity index (χ0v) is 21.9. The average molecular weight is 525 g/mol. The highest BCUT2D eigenvalue weighted by molar-refractivity contribution is 6.05. The van der Waals surface area contributed by atoms with E-state index in [1.54, 1.807) is 0 Å².